The van der Waals surface area contributed by atoms with Crippen molar-refractivity contribution < 1.29 is 45.7 Å². The van der Waals surface area contributed by atoms with Crippen LogP contribution in [0.15, 0.2) is 36.4 Å². The number of aliphatic hydroxyl groups excluding tert-OH is 1. The van der Waals surface area contributed by atoms with Crippen LogP contribution in [0.3, 0.4) is 0 Å². The van der Waals surface area contributed by atoms with Crippen LogP contribution < -0.4 is 14.8 Å². The first-order chi connectivity index (χ1) is 17.1. The molecule has 1 unspecified atom stereocenters. The Morgan fingerprint density at radius 2 is 1.81 bits per heavy atom. The standard InChI is InChI=1S/C21H26FN3O4S.C2HF3O2/c1-13-14(2)24-20-11-16(5-6-17(13)20)29-9-8-23-12-21(26)18-10-15(4-7-19(18)22)25-30(3,27)28;3-2(4,5)1(6)7/h4-7,10-11,21,23-26H,8-9,12H2,1-3H3;(H,6,7). The van der Waals surface area contributed by atoms with Gasteiger partial charge in [0, 0.05) is 47.0 Å². The van der Waals surface area contributed by atoms with Crippen molar-refractivity contribution in [2.24, 2.45) is 0 Å². The Hall–Kier alpha value is -3.36. The number of aromatic nitrogens is 1. The monoisotopic (exact) mass is 549 g/mol. The van der Waals surface area contributed by atoms with E-state index in [1.807, 2.05) is 25.1 Å². The van der Waals surface area contributed by atoms with Gasteiger partial charge in [0.1, 0.15) is 18.2 Å². The lowest BCUT2D eigenvalue weighted by atomic mass is 10.1. The molecule has 3 aromatic rings. The van der Waals surface area contributed by atoms with E-state index in [0.717, 1.165) is 34.7 Å². The number of anilines is 1. The summed E-state index contributed by atoms with van der Waals surface area (Å²) in [5.74, 6) is -2.63. The maximum Gasteiger partial charge on any atom is 0.490 e. The number of ether oxygens (including phenoxy) is 1. The van der Waals surface area contributed by atoms with Gasteiger partial charge in [-0.1, -0.05) is 0 Å². The lowest BCUT2D eigenvalue weighted by molar-refractivity contribution is -0.192. The van der Waals surface area contributed by atoms with Gasteiger partial charge in [0.25, 0.3) is 0 Å². The van der Waals surface area contributed by atoms with Gasteiger partial charge in [-0.2, -0.15) is 13.2 Å². The van der Waals surface area contributed by atoms with Crippen molar-refractivity contribution in [2.45, 2.75) is 26.1 Å². The SMILES string of the molecule is Cc1[nH]c2cc(OCCNCC(O)c3cc(NS(C)(=O)=O)ccc3F)ccc2c1C.O=C(O)C(F)(F)F. The largest absolute Gasteiger partial charge is 0.492 e. The van der Waals surface area contributed by atoms with Crippen LogP contribution in [0.4, 0.5) is 23.2 Å². The Balaban J connectivity index is 0.000000604. The first-order valence-corrected chi connectivity index (χ1v) is 12.7. The van der Waals surface area contributed by atoms with E-state index < -0.39 is 34.1 Å². The molecule has 0 bridgehead atoms. The second-order valence-electron chi connectivity index (χ2n) is 8.06. The normalized spacial score (nSPS) is 12.5. The number of carbonyl (C=O) groups is 1. The van der Waals surface area contributed by atoms with Crippen molar-refractivity contribution in [3.05, 3.63) is 59.0 Å². The summed E-state index contributed by atoms with van der Waals surface area (Å²) in [4.78, 5) is 12.2. The van der Waals surface area contributed by atoms with Crippen LogP contribution in [-0.4, -0.2) is 61.7 Å². The van der Waals surface area contributed by atoms with Crippen LogP contribution in [-0.2, 0) is 14.8 Å². The van der Waals surface area contributed by atoms with Gasteiger partial charge < -0.3 is 25.3 Å². The Kier molecular flexibility index (Phi) is 9.89. The van der Waals surface area contributed by atoms with Gasteiger partial charge in [-0.05, 0) is 49.7 Å². The minimum absolute atomic E-state index is 0.0139. The fraction of sp³-hybridized carbons (Fsp3) is 0.348. The van der Waals surface area contributed by atoms with E-state index in [2.05, 4.69) is 21.9 Å². The average Bonchev–Trinajstić information content (AvgIpc) is 3.06. The molecule has 0 aliphatic rings. The molecule has 1 heterocycles. The number of fused-ring (bicyclic) bond motifs is 1. The van der Waals surface area contributed by atoms with E-state index in [4.69, 9.17) is 14.6 Å². The summed E-state index contributed by atoms with van der Waals surface area (Å²) in [6, 6.07) is 9.58. The summed E-state index contributed by atoms with van der Waals surface area (Å²) in [6.45, 7) is 5.01. The van der Waals surface area contributed by atoms with Gasteiger partial charge in [0.15, 0.2) is 0 Å². The van der Waals surface area contributed by atoms with Crippen molar-refractivity contribution in [3.63, 3.8) is 0 Å². The first kappa shape index (κ1) is 29.9. The summed E-state index contributed by atoms with van der Waals surface area (Å²) in [6.07, 6.45) is -5.21. The number of aryl methyl sites for hydroxylation is 2. The van der Waals surface area contributed by atoms with Crippen molar-refractivity contribution in [2.75, 3.05) is 30.7 Å². The fourth-order valence-electron chi connectivity index (χ4n) is 3.21. The molecule has 0 saturated carbocycles. The number of benzene rings is 2. The number of aliphatic carboxylic acids is 1. The number of aliphatic hydroxyl groups is 1. The topological polar surface area (TPSA) is 141 Å². The molecule has 0 aliphatic heterocycles. The molecule has 1 atom stereocenters. The van der Waals surface area contributed by atoms with E-state index in [1.165, 1.54) is 17.7 Å². The lowest BCUT2D eigenvalue weighted by Gasteiger charge is -2.15. The van der Waals surface area contributed by atoms with Gasteiger partial charge in [0.2, 0.25) is 10.0 Å². The van der Waals surface area contributed by atoms with Gasteiger partial charge in [-0.3, -0.25) is 4.72 Å². The molecule has 14 heteroatoms. The number of H-pyrrole nitrogens is 1. The third kappa shape index (κ3) is 9.22. The zero-order valence-electron chi connectivity index (χ0n) is 20.1. The second kappa shape index (κ2) is 12.3. The Bertz CT molecular complexity index is 1340. The number of hydrogen-bond donors (Lipinski definition) is 5. The number of alkyl halides is 3. The lowest BCUT2D eigenvalue weighted by Crippen LogP contribution is -2.26. The summed E-state index contributed by atoms with van der Waals surface area (Å²) >= 11 is 0. The van der Waals surface area contributed by atoms with Crippen molar-refractivity contribution >= 4 is 32.6 Å². The van der Waals surface area contributed by atoms with Crippen molar-refractivity contribution in [1.29, 1.82) is 0 Å². The molecule has 0 fully saturated rings. The molecule has 0 aliphatic carbocycles. The average molecular weight is 550 g/mol. The van der Waals surface area contributed by atoms with Crippen LogP contribution in [0.1, 0.15) is 22.9 Å². The Morgan fingerprint density at radius 3 is 2.41 bits per heavy atom. The predicted octanol–water partition coefficient (Wildman–Crippen LogP) is 3.63. The van der Waals surface area contributed by atoms with E-state index in [-0.39, 0.29) is 17.8 Å². The summed E-state index contributed by atoms with van der Waals surface area (Å²) in [5.41, 5.74) is 3.57. The van der Waals surface area contributed by atoms with Gasteiger partial charge in [0.05, 0.1) is 12.4 Å². The molecule has 9 nitrogen and oxygen atoms in total. The molecule has 5 N–H and O–H groups in total. The van der Waals surface area contributed by atoms with Gasteiger partial charge in [-0.15, -0.1) is 0 Å². The molecule has 0 amide bonds. The first-order valence-electron chi connectivity index (χ1n) is 10.8. The third-order valence-corrected chi connectivity index (χ3v) is 5.67. The predicted molar refractivity (Wildman–Crippen MR) is 130 cm³/mol. The summed E-state index contributed by atoms with van der Waals surface area (Å²) in [5, 5.41) is 21.6. The van der Waals surface area contributed by atoms with E-state index in [1.54, 1.807) is 0 Å². The highest BCUT2D eigenvalue weighted by Gasteiger charge is 2.38. The summed E-state index contributed by atoms with van der Waals surface area (Å²) < 4.78 is 76.4. The summed E-state index contributed by atoms with van der Waals surface area (Å²) in [7, 11) is -3.49. The van der Waals surface area contributed by atoms with Crippen LogP contribution in [0.25, 0.3) is 10.9 Å². The van der Waals surface area contributed by atoms with Crippen molar-refractivity contribution in [1.82, 2.24) is 10.3 Å². The number of hydrogen-bond acceptors (Lipinski definition) is 6. The van der Waals surface area contributed by atoms with Crippen LogP contribution in [0, 0.1) is 19.7 Å². The highest BCUT2D eigenvalue weighted by atomic mass is 32.2. The molecular formula is C23H27F4N3O6S. The minimum Gasteiger partial charge on any atom is -0.492 e. The number of rotatable bonds is 9. The number of nitrogens with one attached hydrogen (secondary N) is 3. The van der Waals surface area contributed by atoms with E-state index in [9.17, 15) is 31.1 Å². The number of halogens is 4. The molecule has 2 aromatic carbocycles. The van der Waals surface area contributed by atoms with Crippen LogP contribution in [0.5, 0.6) is 5.75 Å². The Labute approximate surface area is 210 Å². The number of carboxylic acid groups (broad SMARTS) is 1. The quantitative estimate of drug-likeness (QED) is 0.203. The molecule has 0 saturated heterocycles. The number of carboxylic acids is 1. The third-order valence-electron chi connectivity index (χ3n) is 5.07. The second-order valence-corrected chi connectivity index (χ2v) is 9.81. The zero-order valence-corrected chi connectivity index (χ0v) is 20.9. The minimum atomic E-state index is -5.08. The zero-order chi connectivity index (χ0) is 28.0. The van der Waals surface area contributed by atoms with Gasteiger partial charge >= 0.3 is 12.1 Å². The smallest absolute Gasteiger partial charge is 0.490 e. The number of sulfonamides is 1. The maximum atomic E-state index is 14.0. The van der Waals surface area contributed by atoms with E-state index in [0.29, 0.717) is 13.2 Å². The molecular weight excluding hydrogens is 522 g/mol. The Morgan fingerprint density at radius 1 is 1.16 bits per heavy atom. The molecule has 3 rings (SSSR count). The van der Waals surface area contributed by atoms with Crippen molar-refractivity contribution in [3.8, 4) is 5.75 Å². The van der Waals surface area contributed by atoms with Crippen LogP contribution in [0.2, 0.25) is 0 Å². The molecule has 0 spiro atoms. The fourth-order valence-corrected chi connectivity index (χ4v) is 3.76. The molecule has 1 aromatic heterocycles. The number of aromatic amines is 1. The van der Waals surface area contributed by atoms with Gasteiger partial charge in [-0.25, -0.2) is 17.6 Å². The molecule has 0 radical (unpaired) electrons. The highest BCUT2D eigenvalue weighted by molar-refractivity contribution is 7.92. The molecule has 37 heavy (non-hydrogen) atoms. The van der Waals surface area contributed by atoms with Crippen LogP contribution >= 0.6 is 0 Å². The van der Waals surface area contributed by atoms with E-state index >= 15 is 0 Å². The molecule has 204 valence electrons. The maximum absolute atomic E-state index is 14.0. The highest BCUT2D eigenvalue weighted by Crippen LogP contribution is 2.25.